The molecule has 1 unspecified atom stereocenters. The Bertz CT molecular complexity index is 655. The van der Waals surface area contributed by atoms with Gasteiger partial charge in [-0.2, -0.15) is 0 Å². The van der Waals surface area contributed by atoms with E-state index >= 15 is 0 Å². The predicted octanol–water partition coefficient (Wildman–Crippen LogP) is 5.54. The van der Waals surface area contributed by atoms with Crippen molar-refractivity contribution >= 4 is 11.8 Å². The van der Waals surface area contributed by atoms with Crippen molar-refractivity contribution in [1.82, 2.24) is 0 Å². The topological polar surface area (TPSA) is 43.4 Å². The van der Waals surface area contributed by atoms with Crippen molar-refractivity contribution in [1.29, 1.82) is 0 Å². The number of esters is 1. The molecule has 0 fully saturated rings. The van der Waals surface area contributed by atoms with Crippen LogP contribution in [0.3, 0.4) is 0 Å². The van der Waals surface area contributed by atoms with Crippen LogP contribution in [0.2, 0.25) is 0 Å². The summed E-state index contributed by atoms with van der Waals surface area (Å²) in [6.45, 7) is 4.21. The average Bonchev–Trinajstić information content (AvgIpc) is 2.69. The molecule has 2 aromatic carbocycles. The van der Waals surface area contributed by atoms with Crippen molar-refractivity contribution in [3.63, 3.8) is 0 Å². The van der Waals surface area contributed by atoms with E-state index in [2.05, 4.69) is 31.2 Å². The normalized spacial score (nSPS) is 12.0. The Labute approximate surface area is 162 Å². The Morgan fingerprint density at radius 3 is 1.93 bits per heavy atom. The van der Waals surface area contributed by atoms with Gasteiger partial charge in [-0.15, -0.1) is 0 Å². The molecule has 0 bridgehead atoms. The maximum Gasteiger partial charge on any atom is 0.305 e. The summed E-state index contributed by atoms with van der Waals surface area (Å²) in [5.74, 6) is -0.159. The van der Waals surface area contributed by atoms with Gasteiger partial charge in [0.2, 0.25) is 0 Å². The van der Waals surface area contributed by atoms with E-state index in [1.165, 1.54) is 0 Å². The van der Waals surface area contributed by atoms with Crippen LogP contribution >= 0.6 is 0 Å². The van der Waals surface area contributed by atoms with Crippen molar-refractivity contribution in [2.45, 2.75) is 51.9 Å². The van der Waals surface area contributed by atoms with E-state index in [-0.39, 0.29) is 23.6 Å². The van der Waals surface area contributed by atoms with Crippen LogP contribution in [-0.2, 0) is 14.3 Å². The minimum Gasteiger partial charge on any atom is -0.466 e. The number of Topliss-reactive ketones (excluding diaryl/α,β-unsaturated/α-hetero) is 1. The molecule has 0 N–H and O–H groups in total. The Hall–Kier alpha value is -2.42. The molecule has 0 radical (unpaired) electrons. The fraction of sp³-hybridized carbons (Fsp3) is 0.417. The first-order chi connectivity index (χ1) is 13.1. The van der Waals surface area contributed by atoms with Gasteiger partial charge in [-0.1, -0.05) is 74.0 Å². The van der Waals surface area contributed by atoms with Crippen LogP contribution in [0.25, 0.3) is 0 Å². The zero-order chi connectivity index (χ0) is 19.5. The molecule has 27 heavy (non-hydrogen) atoms. The summed E-state index contributed by atoms with van der Waals surface area (Å²) >= 11 is 0. The molecule has 1 atom stereocenters. The quantitative estimate of drug-likeness (QED) is 0.387. The minimum absolute atomic E-state index is 0.000937. The molecule has 3 nitrogen and oxygen atoms in total. The molecular weight excluding hydrogens is 336 g/mol. The minimum atomic E-state index is -0.165. The van der Waals surface area contributed by atoms with Gasteiger partial charge in [-0.25, -0.2) is 0 Å². The molecule has 0 saturated heterocycles. The number of benzene rings is 2. The highest BCUT2D eigenvalue weighted by Gasteiger charge is 2.28. The second-order valence-corrected chi connectivity index (χ2v) is 6.98. The number of hydrogen-bond donors (Lipinski definition) is 0. The van der Waals surface area contributed by atoms with Crippen LogP contribution in [0.4, 0.5) is 0 Å². The Balaban J connectivity index is 2.10. The summed E-state index contributed by atoms with van der Waals surface area (Å²) in [6.07, 6.45) is 3.60. The second kappa shape index (κ2) is 11.3. The van der Waals surface area contributed by atoms with Crippen molar-refractivity contribution in [3.8, 4) is 0 Å². The third kappa shape index (κ3) is 6.67. The Morgan fingerprint density at radius 2 is 1.44 bits per heavy atom. The lowest BCUT2D eigenvalue weighted by molar-refractivity contribution is -0.144. The lowest BCUT2D eigenvalue weighted by Crippen LogP contribution is -2.22. The summed E-state index contributed by atoms with van der Waals surface area (Å²) in [6, 6.07) is 20.3. The third-order valence-corrected chi connectivity index (χ3v) is 4.90. The Kier molecular flexibility index (Phi) is 8.76. The van der Waals surface area contributed by atoms with Crippen LogP contribution in [0, 0.1) is 5.92 Å². The zero-order valence-electron chi connectivity index (χ0n) is 16.4. The maximum atomic E-state index is 12.5. The molecule has 0 aliphatic heterocycles. The molecule has 0 aliphatic rings. The second-order valence-electron chi connectivity index (χ2n) is 6.98. The summed E-state index contributed by atoms with van der Waals surface area (Å²) in [4.78, 5) is 24.4. The van der Waals surface area contributed by atoms with E-state index in [0.717, 1.165) is 24.0 Å². The van der Waals surface area contributed by atoms with Gasteiger partial charge in [0.05, 0.1) is 6.61 Å². The molecule has 0 amide bonds. The number of rotatable bonds is 11. The SMILES string of the molecule is CCCCOC(=O)CCCC(C(C)=O)C(c1ccccc1)c1ccccc1. The average molecular weight is 367 g/mol. The smallest absolute Gasteiger partial charge is 0.305 e. The number of ether oxygens (including phenoxy) is 1. The van der Waals surface area contributed by atoms with Crippen molar-refractivity contribution in [3.05, 3.63) is 71.8 Å². The monoisotopic (exact) mass is 366 g/mol. The third-order valence-electron chi connectivity index (χ3n) is 4.90. The highest BCUT2D eigenvalue weighted by Crippen LogP contribution is 2.35. The summed E-state index contributed by atoms with van der Waals surface area (Å²) in [7, 11) is 0. The number of carbonyl (C=O) groups excluding carboxylic acids is 2. The van der Waals surface area contributed by atoms with E-state index in [0.29, 0.717) is 25.9 Å². The molecule has 3 heteroatoms. The highest BCUT2D eigenvalue weighted by atomic mass is 16.5. The molecule has 0 aliphatic carbocycles. The van der Waals surface area contributed by atoms with Crippen LogP contribution in [0.15, 0.2) is 60.7 Å². The van der Waals surface area contributed by atoms with E-state index in [9.17, 15) is 9.59 Å². The van der Waals surface area contributed by atoms with Crippen LogP contribution < -0.4 is 0 Å². The number of ketones is 1. The van der Waals surface area contributed by atoms with Crippen molar-refractivity contribution in [2.75, 3.05) is 6.61 Å². The zero-order valence-corrected chi connectivity index (χ0v) is 16.4. The molecule has 2 rings (SSSR count). The van der Waals surface area contributed by atoms with Gasteiger partial charge in [-0.3, -0.25) is 9.59 Å². The van der Waals surface area contributed by atoms with Gasteiger partial charge in [0.15, 0.2) is 0 Å². The molecular formula is C24H30O3. The molecule has 144 valence electrons. The molecule has 2 aromatic rings. The number of unbranched alkanes of at least 4 members (excludes halogenated alkanes) is 1. The standard InChI is InChI=1S/C24H30O3/c1-3-4-18-27-23(26)17-11-16-22(19(2)25)24(20-12-7-5-8-13-20)21-14-9-6-10-15-21/h5-10,12-15,22,24H,3-4,11,16-18H2,1-2H3. The van der Waals surface area contributed by atoms with Crippen LogP contribution in [0.1, 0.15) is 63.0 Å². The lowest BCUT2D eigenvalue weighted by atomic mass is 9.76. The van der Waals surface area contributed by atoms with Gasteiger partial charge >= 0.3 is 5.97 Å². The predicted molar refractivity (Wildman–Crippen MR) is 109 cm³/mol. The van der Waals surface area contributed by atoms with Gasteiger partial charge < -0.3 is 4.74 Å². The van der Waals surface area contributed by atoms with E-state index < -0.39 is 0 Å². The van der Waals surface area contributed by atoms with Crippen LogP contribution in [0.5, 0.6) is 0 Å². The summed E-state index contributed by atoms with van der Waals surface area (Å²) in [5.41, 5.74) is 2.27. The first-order valence-electron chi connectivity index (χ1n) is 9.89. The fourth-order valence-corrected chi connectivity index (χ4v) is 3.45. The van der Waals surface area contributed by atoms with Crippen molar-refractivity contribution < 1.29 is 14.3 Å². The maximum absolute atomic E-state index is 12.5. The van der Waals surface area contributed by atoms with Crippen molar-refractivity contribution in [2.24, 2.45) is 5.92 Å². The van der Waals surface area contributed by atoms with Crippen LogP contribution in [-0.4, -0.2) is 18.4 Å². The number of carbonyl (C=O) groups is 2. The van der Waals surface area contributed by atoms with Gasteiger partial charge in [-0.05, 0) is 37.3 Å². The molecule has 0 saturated carbocycles. The van der Waals surface area contributed by atoms with Gasteiger partial charge in [0.25, 0.3) is 0 Å². The van der Waals surface area contributed by atoms with E-state index in [1.807, 2.05) is 36.4 Å². The summed E-state index contributed by atoms with van der Waals surface area (Å²) < 4.78 is 5.23. The Morgan fingerprint density at radius 1 is 0.889 bits per heavy atom. The van der Waals surface area contributed by atoms with E-state index in [4.69, 9.17) is 4.74 Å². The number of hydrogen-bond acceptors (Lipinski definition) is 3. The molecule has 0 aromatic heterocycles. The van der Waals surface area contributed by atoms with E-state index in [1.54, 1.807) is 6.92 Å². The van der Waals surface area contributed by atoms with Gasteiger partial charge in [0.1, 0.15) is 5.78 Å². The summed E-state index contributed by atoms with van der Waals surface area (Å²) in [5, 5.41) is 0. The largest absolute Gasteiger partial charge is 0.466 e. The fourth-order valence-electron chi connectivity index (χ4n) is 3.45. The first kappa shape index (κ1) is 20.9. The molecule has 0 heterocycles. The first-order valence-corrected chi connectivity index (χ1v) is 9.89. The van der Waals surface area contributed by atoms with Gasteiger partial charge in [0, 0.05) is 18.3 Å². The highest BCUT2D eigenvalue weighted by molar-refractivity contribution is 5.80. The molecule has 0 spiro atoms. The lowest BCUT2D eigenvalue weighted by Gasteiger charge is -2.26.